The summed E-state index contributed by atoms with van der Waals surface area (Å²) in [5, 5.41) is 6.29. The Hall–Kier alpha value is -3.46. The molecule has 40 heavy (non-hydrogen) atoms. The van der Waals surface area contributed by atoms with Crippen molar-refractivity contribution in [3.8, 4) is 0 Å². The summed E-state index contributed by atoms with van der Waals surface area (Å²) < 4.78 is 0. The number of thioether (sulfide) groups is 1. The lowest BCUT2D eigenvalue weighted by Gasteiger charge is -2.29. The number of amidine groups is 2. The largest absolute Gasteiger partial charge is 0.356 e. The van der Waals surface area contributed by atoms with Crippen LogP contribution < -0.4 is 10.6 Å². The fraction of sp³-hybridized carbons (Fsp3) is 0.452. The van der Waals surface area contributed by atoms with Crippen molar-refractivity contribution in [1.29, 1.82) is 0 Å². The summed E-state index contributed by atoms with van der Waals surface area (Å²) in [4.78, 5) is 50.5. The van der Waals surface area contributed by atoms with E-state index in [1.165, 1.54) is 18.2 Å². The molecule has 2 heterocycles. The summed E-state index contributed by atoms with van der Waals surface area (Å²) >= 11 is 1.32. The Bertz CT molecular complexity index is 1290. The second-order valence-electron chi connectivity index (χ2n) is 10.5. The highest BCUT2D eigenvalue weighted by Gasteiger charge is 2.42. The first-order chi connectivity index (χ1) is 19.5. The van der Waals surface area contributed by atoms with Gasteiger partial charge in [-0.15, -0.1) is 0 Å². The maximum atomic E-state index is 13.6. The van der Waals surface area contributed by atoms with Gasteiger partial charge in [-0.3, -0.25) is 19.4 Å². The number of nitrogens with one attached hydrogen (secondary N) is 2. The van der Waals surface area contributed by atoms with Gasteiger partial charge < -0.3 is 10.6 Å². The summed E-state index contributed by atoms with van der Waals surface area (Å²) in [6.45, 7) is 2.53. The van der Waals surface area contributed by atoms with Crippen LogP contribution in [0.1, 0.15) is 69.4 Å². The van der Waals surface area contributed by atoms with Gasteiger partial charge in [-0.1, -0.05) is 80.4 Å². The monoisotopic (exact) mass is 559 g/mol. The lowest BCUT2D eigenvalue weighted by molar-refractivity contribution is -0.125. The van der Waals surface area contributed by atoms with Crippen molar-refractivity contribution in [2.45, 2.75) is 82.0 Å². The molecule has 2 atom stereocenters. The topological polar surface area (TPSA) is 103 Å². The number of nitrogens with zero attached hydrogens (tertiary/aromatic N) is 3. The molecule has 0 unspecified atom stereocenters. The number of hydrogen-bond acceptors (Lipinski definition) is 6. The Balaban J connectivity index is 1.24. The highest BCUT2D eigenvalue weighted by Crippen LogP contribution is 2.36. The molecule has 3 aliphatic rings. The average molecular weight is 560 g/mol. The molecule has 2 aromatic carbocycles. The van der Waals surface area contributed by atoms with Crippen LogP contribution in [0.15, 0.2) is 64.6 Å². The Morgan fingerprint density at radius 3 is 2.58 bits per heavy atom. The highest BCUT2D eigenvalue weighted by molar-refractivity contribution is 8.15. The molecule has 8 nitrogen and oxygen atoms in total. The summed E-state index contributed by atoms with van der Waals surface area (Å²) in [6.07, 6.45) is 7.45. The van der Waals surface area contributed by atoms with Crippen LogP contribution in [-0.4, -0.2) is 57.5 Å². The Morgan fingerprint density at radius 1 is 1.05 bits per heavy atom. The van der Waals surface area contributed by atoms with Gasteiger partial charge in [-0.2, -0.15) is 0 Å². The van der Waals surface area contributed by atoms with Crippen LogP contribution in [-0.2, 0) is 20.8 Å². The predicted molar refractivity (Wildman–Crippen MR) is 160 cm³/mol. The minimum absolute atomic E-state index is 0.00480. The zero-order chi connectivity index (χ0) is 27.9. The van der Waals surface area contributed by atoms with E-state index < -0.39 is 6.04 Å². The molecule has 0 bridgehead atoms. The van der Waals surface area contributed by atoms with Gasteiger partial charge in [0.2, 0.25) is 11.8 Å². The predicted octanol–water partition coefficient (Wildman–Crippen LogP) is 4.74. The number of aliphatic imine (C=N–C) groups is 2. The van der Waals surface area contributed by atoms with Gasteiger partial charge >= 0.3 is 0 Å². The Kier molecular flexibility index (Phi) is 9.31. The van der Waals surface area contributed by atoms with Gasteiger partial charge in [-0.05, 0) is 49.8 Å². The molecule has 1 aliphatic carbocycles. The Morgan fingerprint density at radius 2 is 1.80 bits per heavy atom. The normalized spacial score (nSPS) is 19.3. The molecule has 2 N–H and O–H groups in total. The molecular weight excluding hydrogens is 522 g/mol. The van der Waals surface area contributed by atoms with Crippen molar-refractivity contribution < 1.29 is 14.4 Å². The minimum atomic E-state index is -0.664. The summed E-state index contributed by atoms with van der Waals surface area (Å²) in [5.41, 5.74) is 2.68. The highest BCUT2D eigenvalue weighted by atomic mass is 32.2. The molecular formula is C31H37N5O3S. The maximum Gasteiger partial charge on any atom is 0.259 e. The van der Waals surface area contributed by atoms with Crippen LogP contribution in [0.3, 0.4) is 0 Å². The maximum absolute atomic E-state index is 13.6. The molecule has 210 valence electrons. The van der Waals surface area contributed by atoms with Crippen molar-refractivity contribution in [3.63, 3.8) is 0 Å². The number of amides is 3. The first-order valence-electron chi connectivity index (χ1n) is 14.4. The van der Waals surface area contributed by atoms with Gasteiger partial charge in [0.05, 0.1) is 10.9 Å². The van der Waals surface area contributed by atoms with E-state index in [1.807, 2.05) is 61.5 Å². The second-order valence-corrected chi connectivity index (χ2v) is 11.7. The van der Waals surface area contributed by atoms with Gasteiger partial charge in [-0.25, -0.2) is 9.89 Å². The lowest BCUT2D eigenvalue weighted by Crippen LogP contribution is -2.45. The van der Waals surface area contributed by atoms with Crippen molar-refractivity contribution in [3.05, 3.63) is 65.7 Å². The molecule has 9 heteroatoms. The first-order valence-corrected chi connectivity index (χ1v) is 15.3. The van der Waals surface area contributed by atoms with Crippen LogP contribution in [0, 0.1) is 0 Å². The molecule has 0 spiro atoms. The smallest absolute Gasteiger partial charge is 0.259 e. The molecule has 2 aliphatic heterocycles. The van der Waals surface area contributed by atoms with Crippen molar-refractivity contribution in [2.75, 3.05) is 6.54 Å². The minimum Gasteiger partial charge on any atom is -0.356 e. The molecule has 0 radical (unpaired) electrons. The van der Waals surface area contributed by atoms with Crippen LogP contribution in [0.25, 0.3) is 0 Å². The molecule has 0 saturated heterocycles. The Labute approximate surface area is 240 Å². The molecule has 3 amide bonds. The third-order valence-corrected chi connectivity index (χ3v) is 8.95. The molecule has 5 rings (SSSR count). The van der Waals surface area contributed by atoms with Crippen molar-refractivity contribution in [1.82, 2.24) is 15.5 Å². The van der Waals surface area contributed by atoms with E-state index in [2.05, 4.69) is 10.6 Å². The number of rotatable bonds is 10. The zero-order valence-corrected chi connectivity index (χ0v) is 23.8. The SMILES string of the molecule is CC[C@H](SC1=Nc2ccccc2C2=N[C@H](CCC(=O)NCCc3ccccc3)C(=O)N12)C(=O)NC1CCCCC1. The van der Waals surface area contributed by atoms with Crippen LogP contribution >= 0.6 is 11.8 Å². The number of fused-ring (bicyclic) bond motifs is 3. The van der Waals surface area contributed by atoms with Gasteiger partial charge in [0, 0.05) is 24.6 Å². The van der Waals surface area contributed by atoms with Crippen LogP contribution in [0.5, 0.6) is 0 Å². The molecule has 1 saturated carbocycles. The van der Waals surface area contributed by atoms with Crippen LogP contribution in [0.4, 0.5) is 5.69 Å². The van der Waals surface area contributed by atoms with E-state index in [0.717, 1.165) is 48.9 Å². The van der Waals surface area contributed by atoms with Crippen molar-refractivity contribution in [2.24, 2.45) is 9.98 Å². The van der Waals surface area contributed by atoms with Gasteiger partial charge in [0.25, 0.3) is 5.91 Å². The number of hydrogen-bond donors (Lipinski definition) is 2. The number of benzene rings is 2. The van der Waals surface area contributed by atoms with E-state index in [0.29, 0.717) is 30.4 Å². The van der Waals surface area contributed by atoms with Crippen molar-refractivity contribution >= 4 is 46.2 Å². The summed E-state index contributed by atoms with van der Waals surface area (Å²) in [6, 6.07) is 17.2. The molecule has 1 fully saturated rings. The van der Waals surface area contributed by atoms with Gasteiger partial charge in [0.1, 0.15) is 11.9 Å². The standard InChI is InChI=1S/C31H37N5O3S/c1-2-26(29(38)33-22-13-7-4-8-14-22)40-31-35-24-16-10-9-15-23(24)28-34-25(30(39)36(28)31)17-18-27(37)32-20-19-21-11-5-3-6-12-21/h3,5-6,9-12,15-16,22,25-26H,2,4,7-8,13-14,17-20H2,1H3,(H,32,37)(H,33,38)/t25-,26+/m1/s1. The van der Waals surface area contributed by atoms with E-state index >= 15 is 0 Å². The van der Waals surface area contributed by atoms with E-state index in [1.54, 1.807) is 4.90 Å². The second kappa shape index (κ2) is 13.3. The third kappa shape index (κ3) is 6.63. The fourth-order valence-electron chi connectivity index (χ4n) is 5.41. The lowest BCUT2D eigenvalue weighted by atomic mass is 9.95. The molecule has 0 aromatic heterocycles. The van der Waals surface area contributed by atoms with E-state index in [9.17, 15) is 14.4 Å². The van der Waals surface area contributed by atoms with Gasteiger partial charge in [0.15, 0.2) is 5.17 Å². The molecule has 2 aromatic rings. The average Bonchev–Trinajstić information content (AvgIpc) is 3.32. The third-order valence-electron chi connectivity index (χ3n) is 7.63. The fourth-order valence-corrected chi connectivity index (χ4v) is 6.44. The quantitative estimate of drug-likeness (QED) is 0.439. The number of carbonyl (C=O) groups is 3. The number of carbonyl (C=O) groups excluding carboxylic acids is 3. The van der Waals surface area contributed by atoms with Crippen LogP contribution in [0.2, 0.25) is 0 Å². The first kappa shape index (κ1) is 28.1. The summed E-state index contributed by atoms with van der Waals surface area (Å²) in [5.74, 6) is 0.253. The zero-order valence-electron chi connectivity index (χ0n) is 23.0. The number of para-hydroxylation sites is 1. The van der Waals surface area contributed by atoms with E-state index in [4.69, 9.17) is 9.98 Å². The summed E-state index contributed by atoms with van der Waals surface area (Å²) in [7, 11) is 0. The van der Waals surface area contributed by atoms with E-state index in [-0.39, 0.29) is 35.4 Å².